The van der Waals surface area contributed by atoms with Gasteiger partial charge in [0.05, 0.1) is 32.5 Å². The van der Waals surface area contributed by atoms with Gasteiger partial charge in [-0.1, -0.05) is 0 Å². The number of hydrogen-bond donors (Lipinski definition) is 10. The van der Waals surface area contributed by atoms with Gasteiger partial charge in [0.15, 0.2) is 0 Å². The summed E-state index contributed by atoms with van der Waals surface area (Å²) in [5.41, 5.74) is 24.8. The van der Waals surface area contributed by atoms with Gasteiger partial charge in [-0.15, -0.1) is 0 Å². The molecular formula is C16H47N5O6. The lowest BCUT2D eigenvalue weighted by atomic mass is 10.3. The van der Waals surface area contributed by atoms with Crippen LogP contribution in [0.25, 0.3) is 0 Å². The molecule has 27 heavy (non-hydrogen) atoms. The van der Waals surface area contributed by atoms with Crippen molar-refractivity contribution in [2.24, 2.45) is 28.7 Å². The van der Waals surface area contributed by atoms with Crippen molar-refractivity contribution in [3.05, 3.63) is 0 Å². The molecule has 11 heteroatoms. The van der Waals surface area contributed by atoms with Gasteiger partial charge in [-0.2, -0.15) is 0 Å². The second-order valence-electron chi connectivity index (χ2n) is 4.81. The first-order valence-electron chi connectivity index (χ1n) is 9.13. The Bertz CT molecular complexity index is 173. The summed E-state index contributed by atoms with van der Waals surface area (Å²) in [7, 11) is 0. The fourth-order valence-electron chi connectivity index (χ4n) is 0.597. The van der Waals surface area contributed by atoms with Crippen LogP contribution in [0.5, 0.6) is 0 Å². The second-order valence-corrected chi connectivity index (χ2v) is 4.81. The Hall–Kier alpha value is -0.440. The highest BCUT2D eigenvalue weighted by molar-refractivity contribution is 4.40. The molecule has 15 N–H and O–H groups in total. The molecule has 0 saturated heterocycles. The predicted octanol–water partition coefficient (Wildman–Crippen LogP) is -3.74. The van der Waals surface area contributed by atoms with E-state index >= 15 is 0 Å². The van der Waals surface area contributed by atoms with Gasteiger partial charge in [0, 0.05) is 32.8 Å². The van der Waals surface area contributed by atoms with Gasteiger partial charge in [0.1, 0.15) is 0 Å². The Balaban J connectivity index is -0.0000000757. The summed E-state index contributed by atoms with van der Waals surface area (Å²) in [4.78, 5) is 0. The number of ether oxygens (including phenoxy) is 1. The Morgan fingerprint density at radius 1 is 0.630 bits per heavy atom. The summed E-state index contributed by atoms with van der Waals surface area (Å²) in [6, 6.07) is 0. The molecule has 0 aliphatic rings. The third-order valence-electron chi connectivity index (χ3n) is 1.94. The predicted molar refractivity (Wildman–Crippen MR) is 110 cm³/mol. The van der Waals surface area contributed by atoms with E-state index in [0.29, 0.717) is 45.9 Å². The Morgan fingerprint density at radius 3 is 1.22 bits per heavy atom. The Labute approximate surface area is 164 Å². The van der Waals surface area contributed by atoms with Crippen molar-refractivity contribution in [1.82, 2.24) is 0 Å². The molecule has 0 bridgehead atoms. The first-order chi connectivity index (χ1) is 12.9. The molecule has 0 spiro atoms. The van der Waals surface area contributed by atoms with E-state index in [4.69, 9.17) is 58.9 Å². The molecule has 172 valence electrons. The monoisotopic (exact) mass is 405 g/mol. The molecule has 0 rings (SSSR count). The van der Waals surface area contributed by atoms with Gasteiger partial charge in [-0.3, -0.25) is 0 Å². The van der Waals surface area contributed by atoms with E-state index in [1.54, 1.807) is 6.92 Å². The molecule has 0 aromatic heterocycles. The van der Waals surface area contributed by atoms with Crippen LogP contribution in [0.1, 0.15) is 26.2 Å². The van der Waals surface area contributed by atoms with Crippen LogP contribution in [0.2, 0.25) is 0 Å². The lowest BCUT2D eigenvalue weighted by Gasteiger charge is -1.95. The van der Waals surface area contributed by atoms with Gasteiger partial charge < -0.3 is 58.9 Å². The molecule has 1 unspecified atom stereocenters. The average Bonchev–Trinajstić information content (AvgIpc) is 2.69. The number of hydrogen-bond acceptors (Lipinski definition) is 11. The zero-order chi connectivity index (χ0) is 22.2. The maximum Gasteiger partial charge on any atom is 0.0698 e. The molecule has 0 radical (unpaired) electrons. The van der Waals surface area contributed by atoms with Crippen molar-refractivity contribution < 1.29 is 30.3 Å². The SMILES string of the molecule is CC(O)CN.NCCCCO.NCCCO.NCCO.NCCOCCO. The van der Waals surface area contributed by atoms with Crippen LogP contribution in [0.3, 0.4) is 0 Å². The van der Waals surface area contributed by atoms with E-state index in [1.807, 2.05) is 0 Å². The highest BCUT2D eigenvalue weighted by Crippen LogP contribution is 1.79. The number of rotatable bonds is 11. The van der Waals surface area contributed by atoms with Crippen LogP contribution in [0.4, 0.5) is 0 Å². The number of unbranched alkanes of at least 4 members (excludes halogenated alkanes) is 1. The first kappa shape index (κ1) is 37.3. The molecule has 0 aromatic rings. The maximum absolute atomic E-state index is 8.24. The van der Waals surface area contributed by atoms with Gasteiger partial charge in [-0.05, 0) is 39.3 Å². The second kappa shape index (κ2) is 50.0. The van der Waals surface area contributed by atoms with Crippen LogP contribution in [-0.2, 0) is 4.74 Å². The Kier molecular flexibility index (Phi) is 69.1. The summed E-state index contributed by atoms with van der Waals surface area (Å²) >= 11 is 0. The summed E-state index contributed by atoms with van der Waals surface area (Å²) in [6.45, 7) is 5.82. The minimum absolute atomic E-state index is 0.0833. The fraction of sp³-hybridized carbons (Fsp3) is 1.00. The van der Waals surface area contributed by atoms with Crippen LogP contribution >= 0.6 is 0 Å². The maximum atomic E-state index is 8.24. The highest BCUT2D eigenvalue weighted by atomic mass is 16.5. The summed E-state index contributed by atoms with van der Waals surface area (Å²) in [5, 5.41) is 40.2. The number of aliphatic hydroxyl groups excluding tert-OH is 5. The van der Waals surface area contributed by atoms with Crippen molar-refractivity contribution in [3.8, 4) is 0 Å². The van der Waals surface area contributed by atoms with E-state index in [2.05, 4.69) is 0 Å². The lowest BCUT2D eigenvalue weighted by molar-refractivity contribution is 0.0976. The molecular weight excluding hydrogens is 358 g/mol. The first-order valence-corrected chi connectivity index (χ1v) is 9.13. The molecule has 0 aliphatic heterocycles. The third-order valence-corrected chi connectivity index (χ3v) is 1.94. The van der Waals surface area contributed by atoms with Crippen molar-refractivity contribution >= 4 is 0 Å². The fourth-order valence-corrected chi connectivity index (χ4v) is 0.597. The number of aliphatic hydroxyl groups is 5. The van der Waals surface area contributed by atoms with Crippen molar-refractivity contribution in [2.75, 3.05) is 72.4 Å². The van der Waals surface area contributed by atoms with Crippen molar-refractivity contribution in [2.45, 2.75) is 32.3 Å². The smallest absolute Gasteiger partial charge is 0.0698 e. The summed E-state index contributed by atoms with van der Waals surface area (Å²) < 4.78 is 4.76. The van der Waals surface area contributed by atoms with E-state index < -0.39 is 0 Å². The standard InChI is InChI=1S/C4H11NO2.C4H11NO.2C3H9NO.C2H7NO/c5-1-3-7-4-2-6;5-3-1-2-4-6;1-3(5)2-4;4-2-1-3-5;3-1-2-4/h6H,1-5H2;6H,1-5H2;3,5H,2,4H2,1H3;5H,1-4H2;4H,1-3H2. The average molecular weight is 406 g/mol. The van der Waals surface area contributed by atoms with E-state index in [9.17, 15) is 0 Å². The number of nitrogens with two attached hydrogens (primary N) is 5. The zero-order valence-corrected chi connectivity index (χ0v) is 17.0. The third kappa shape index (κ3) is 106. The molecule has 0 heterocycles. The zero-order valence-electron chi connectivity index (χ0n) is 17.0. The van der Waals surface area contributed by atoms with Gasteiger partial charge in [-0.25, -0.2) is 0 Å². The highest BCUT2D eigenvalue weighted by Gasteiger charge is 1.82. The Morgan fingerprint density at radius 2 is 1.07 bits per heavy atom. The molecule has 0 aromatic carbocycles. The topological polar surface area (TPSA) is 240 Å². The van der Waals surface area contributed by atoms with Crippen LogP contribution in [0.15, 0.2) is 0 Å². The minimum Gasteiger partial charge on any atom is -0.396 e. The van der Waals surface area contributed by atoms with E-state index in [0.717, 1.165) is 19.3 Å². The largest absolute Gasteiger partial charge is 0.396 e. The molecule has 0 amide bonds. The minimum atomic E-state index is -0.338. The molecule has 0 saturated carbocycles. The molecule has 1 atom stereocenters. The molecule has 0 fully saturated rings. The van der Waals surface area contributed by atoms with Gasteiger partial charge in [0.2, 0.25) is 0 Å². The van der Waals surface area contributed by atoms with E-state index in [-0.39, 0.29) is 32.5 Å². The van der Waals surface area contributed by atoms with E-state index in [1.165, 1.54) is 0 Å². The van der Waals surface area contributed by atoms with Gasteiger partial charge >= 0.3 is 0 Å². The molecule has 0 aliphatic carbocycles. The van der Waals surface area contributed by atoms with Crippen molar-refractivity contribution in [1.29, 1.82) is 0 Å². The summed E-state index contributed by atoms with van der Waals surface area (Å²) in [6.07, 6.45) is 2.17. The molecule has 11 nitrogen and oxygen atoms in total. The van der Waals surface area contributed by atoms with Crippen molar-refractivity contribution in [3.63, 3.8) is 0 Å². The lowest BCUT2D eigenvalue weighted by Crippen LogP contribution is -2.14. The van der Waals surface area contributed by atoms with Crippen LogP contribution < -0.4 is 28.7 Å². The normalized spacial score (nSPS) is 9.89. The summed E-state index contributed by atoms with van der Waals surface area (Å²) in [5.74, 6) is 0. The van der Waals surface area contributed by atoms with Crippen LogP contribution in [0, 0.1) is 0 Å². The van der Waals surface area contributed by atoms with Gasteiger partial charge in [0.25, 0.3) is 0 Å². The van der Waals surface area contributed by atoms with Crippen LogP contribution in [-0.4, -0.2) is 104 Å². The quantitative estimate of drug-likeness (QED) is 0.150.